The second kappa shape index (κ2) is 4.82. The minimum absolute atomic E-state index is 0.0831. The first kappa shape index (κ1) is 17.0. The molecule has 0 aromatic heterocycles. The predicted octanol–water partition coefficient (Wildman–Crippen LogP) is 1.50. The third kappa shape index (κ3) is 2.27. The van der Waals surface area contributed by atoms with Crippen molar-refractivity contribution in [1.82, 2.24) is 0 Å². The van der Waals surface area contributed by atoms with E-state index in [1.165, 1.54) is 0 Å². The maximum absolute atomic E-state index is 12.8. The Morgan fingerprint density at radius 1 is 1.00 bits per heavy atom. The molecule has 0 bridgehead atoms. The van der Waals surface area contributed by atoms with Crippen LogP contribution in [-0.4, -0.2) is 31.4 Å². The lowest BCUT2D eigenvalue weighted by atomic mass is 9.40. The Bertz CT molecular complexity index is 692. The molecule has 1 aliphatic heterocycles. The zero-order valence-electron chi connectivity index (χ0n) is 14.1. The summed E-state index contributed by atoms with van der Waals surface area (Å²) in [7, 11) is -2.57. The Balaban J connectivity index is 2.62. The Hall–Kier alpha value is -1.35. The molecule has 0 saturated carbocycles. The van der Waals surface area contributed by atoms with Gasteiger partial charge in [-0.15, -0.1) is 0 Å². The van der Waals surface area contributed by atoms with E-state index >= 15 is 0 Å². The van der Waals surface area contributed by atoms with Crippen molar-refractivity contribution in [2.75, 3.05) is 19.1 Å². The zero-order chi connectivity index (χ0) is 17.1. The van der Waals surface area contributed by atoms with Crippen molar-refractivity contribution in [3.8, 4) is 0 Å². The molecule has 1 saturated heterocycles. The molecule has 0 aliphatic carbocycles. The molecule has 1 aliphatic rings. The summed E-state index contributed by atoms with van der Waals surface area (Å²) in [5.74, 6) is 0. The normalized spacial score (nSPS) is 20.5. The number of hydrogen-bond donors (Lipinski definition) is 1. The Morgan fingerprint density at radius 2 is 1.45 bits per heavy atom. The monoisotopic (exact) mass is 319 g/mol. The molecular formula is C16H23BNO3P. The molecule has 0 spiro atoms. The molecule has 22 heavy (non-hydrogen) atoms. The Kier molecular flexibility index (Phi) is 3.73. The highest BCUT2D eigenvalue weighted by atomic mass is 31.2. The van der Waals surface area contributed by atoms with Gasteiger partial charge in [-0.2, -0.15) is 0 Å². The number of carbonyl (C=O) groups is 2. The van der Waals surface area contributed by atoms with Gasteiger partial charge in [0.2, 0.25) is 0 Å². The summed E-state index contributed by atoms with van der Waals surface area (Å²) in [5.41, 5.74) is 5.33. The molecule has 1 aromatic carbocycles. The number of anilines is 1. The van der Waals surface area contributed by atoms with E-state index in [0.717, 1.165) is 0 Å². The van der Waals surface area contributed by atoms with Gasteiger partial charge in [-0.1, -0.05) is 45.3 Å². The summed E-state index contributed by atoms with van der Waals surface area (Å²) in [6.07, 6.45) is 0. The number of benzene rings is 1. The van der Waals surface area contributed by atoms with Crippen LogP contribution >= 0.6 is 7.14 Å². The highest BCUT2D eigenvalue weighted by Crippen LogP contribution is 2.46. The molecule has 0 radical (unpaired) electrons. The minimum atomic E-state index is -2.57. The van der Waals surface area contributed by atoms with Crippen LogP contribution in [0.4, 0.5) is 5.69 Å². The highest BCUT2D eigenvalue weighted by molar-refractivity contribution is 7.70. The van der Waals surface area contributed by atoms with Gasteiger partial charge in [0.25, 0.3) is 0 Å². The summed E-state index contributed by atoms with van der Waals surface area (Å²) in [5, 5.41) is 0.535. The van der Waals surface area contributed by atoms with Crippen LogP contribution in [0.25, 0.3) is 0 Å². The van der Waals surface area contributed by atoms with Gasteiger partial charge in [0.15, 0.2) is 0 Å². The third-order valence-electron chi connectivity index (χ3n) is 5.29. The summed E-state index contributed by atoms with van der Waals surface area (Å²) in [6, 6.07) is 5.02. The summed E-state index contributed by atoms with van der Waals surface area (Å²) in [6.45, 7) is 9.73. The first-order valence-electron chi connectivity index (χ1n) is 7.35. The fraction of sp³-hybridized carbons (Fsp3) is 0.500. The van der Waals surface area contributed by atoms with Gasteiger partial charge in [0.1, 0.15) is 18.5 Å². The molecule has 4 nitrogen and oxygen atoms in total. The molecule has 1 heterocycles. The molecule has 2 N–H and O–H groups in total. The maximum atomic E-state index is 12.8. The van der Waals surface area contributed by atoms with Crippen molar-refractivity contribution >= 4 is 41.7 Å². The molecule has 2 rings (SSSR count). The third-order valence-corrected chi connectivity index (χ3v) is 6.83. The van der Waals surface area contributed by atoms with E-state index in [-0.39, 0.29) is 11.4 Å². The molecule has 6 heteroatoms. The Morgan fingerprint density at radius 3 is 1.86 bits per heavy atom. The topological polar surface area (TPSA) is 77.2 Å². The van der Waals surface area contributed by atoms with Gasteiger partial charge >= 0.3 is 6.71 Å². The smallest absolute Gasteiger partial charge is 0.334 e. The first-order valence-corrected chi connectivity index (χ1v) is 9.95. The quantitative estimate of drug-likeness (QED) is 0.509. The van der Waals surface area contributed by atoms with E-state index in [1.54, 1.807) is 31.5 Å². The van der Waals surface area contributed by atoms with E-state index in [9.17, 15) is 14.2 Å². The molecule has 0 amide bonds. The SMILES string of the molecule is CC1(C)C(=O)B(c2ccc(N)c(P(C)(C)=O)c2)C(=O)C1(C)C. The minimum Gasteiger partial charge on any atom is -0.398 e. The van der Waals surface area contributed by atoms with Crippen molar-refractivity contribution in [1.29, 1.82) is 0 Å². The molecule has 0 unspecified atom stereocenters. The van der Waals surface area contributed by atoms with Crippen LogP contribution in [0.15, 0.2) is 18.2 Å². The van der Waals surface area contributed by atoms with Gasteiger partial charge in [-0.05, 0) is 19.4 Å². The number of nitrogen functional groups attached to an aromatic ring is 1. The second-order valence-corrected chi connectivity index (χ2v) is 10.8. The predicted molar refractivity (Wildman–Crippen MR) is 92.9 cm³/mol. The van der Waals surface area contributed by atoms with Gasteiger partial charge in [0, 0.05) is 21.8 Å². The van der Waals surface area contributed by atoms with Crippen molar-refractivity contribution in [2.45, 2.75) is 27.7 Å². The number of nitrogens with two attached hydrogens (primary N) is 1. The van der Waals surface area contributed by atoms with Gasteiger partial charge in [-0.25, -0.2) is 0 Å². The largest absolute Gasteiger partial charge is 0.398 e. The van der Waals surface area contributed by atoms with Crippen molar-refractivity contribution < 1.29 is 14.2 Å². The average Bonchev–Trinajstić information content (AvgIpc) is 2.49. The standard InChI is InChI=1S/C16H23BNO3P/c1-15(2)13(19)17(14(20)16(15,3)4)10-7-8-11(18)12(9-10)22(5,6)21/h7-9H,18H2,1-6H3. The second-order valence-electron chi connectivity index (χ2n) is 7.58. The van der Waals surface area contributed by atoms with Crippen LogP contribution in [0, 0.1) is 10.8 Å². The number of hydrogen-bond acceptors (Lipinski definition) is 4. The number of rotatable bonds is 2. The van der Waals surface area contributed by atoms with Crippen molar-refractivity contribution in [3.05, 3.63) is 18.2 Å². The van der Waals surface area contributed by atoms with E-state index in [4.69, 9.17) is 5.73 Å². The van der Waals surface area contributed by atoms with Crippen LogP contribution in [0.3, 0.4) is 0 Å². The van der Waals surface area contributed by atoms with Crippen molar-refractivity contribution in [3.63, 3.8) is 0 Å². The fourth-order valence-electron chi connectivity index (χ4n) is 2.97. The molecule has 0 atom stereocenters. The van der Waals surface area contributed by atoms with Crippen molar-refractivity contribution in [2.24, 2.45) is 10.8 Å². The van der Waals surface area contributed by atoms with E-state index < -0.39 is 24.7 Å². The van der Waals surface area contributed by atoms with Crippen LogP contribution in [0.2, 0.25) is 0 Å². The van der Waals surface area contributed by atoms with E-state index in [1.807, 2.05) is 27.7 Å². The van der Waals surface area contributed by atoms with Gasteiger partial charge < -0.3 is 19.9 Å². The van der Waals surface area contributed by atoms with Crippen LogP contribution in [-0.2, 0) is 14.2 Å². The average molecular weight is 319 g/mol. The Labute approximate surface area is 132 Å². The number of carbonyl (C=O) groups excluding carboxylic acids is 2. The zero-order valence-corrected chi connectivity index (χ0v) is 15.0. The molecule has 1 aromatic rings. The van der Waals surface area contributed by atoms with Gasteiger partial charge in [0.05, 0.1) is 0 Å². The highest BCUT2D eigenvalue weighted by Gasteiger charge is 2.62. The van der Waals surface area contributed by atoms with E-state index in [2.05, 4.69) is 0 Å². The fourth-order valence-corrected chi connectivity index (χ4v) is 4.12. The molecule has 1 fully saturated rings. The molecular weight excluding hydrogens is 296 g/mol. The lowest BCUT2D eigenvalue weighted by Crippen LogP contribution is -2.44. The van der Waals surface area contributed by atoms with E-state index in [0.29, 0.717) is 16.5 Å². The summed E-state index contributed by atoms with van der Waals surface area (Å²) < 4.78 is 12.4. The first-order chi connectivity index (χ1) is 9.81. The lowest BCUT2D eigenvalue weighted by Gasteiger charge is -2.31. The maximum Gasteiger partial charge on any atom is 0.334 e. The van der Waals surface area contributed by atoms with Crippen LogP contribution in [0.1, 0.15) is 27.7 Å². The summed E-state index contributed by atoms with van der Waals surface area (Å²) in [4.78, 5) is 25.6. The van der Waals surface area contributed by atoms with Crippen LogP contribution < -0.4 is 16.5 Å². The summed E-state index contributed by atoms with van der Waals surface area (Å²) >= 11 is 0. The molecule has 118 valence electrons. The van der Waals surface area contributed by atoms with Crippen LogP contribution in [0.5, 0.6) is 0 Å². The van der Waals surface area contributed by atoms with Gasteiger partial charge in [-0.3, -0.25) is 0 Å². The lowest BCUT2D eigenvalue weighted by molar-refractivity contribution is -0.129.